The van der Waals surface area contributed by atoms with Gasteiger partial charge in [0.05, 0.1) is 11.7 Å². The minimum atomic E-state index is -0.311. The van der Waals surface area contributed by atoms with Crippen molar-refractivity contribution in [1.82, 2.24) is 4.90 Å². The van der Waals surface area contributed by atoms with Crippen LogP contribution in [0.2, 0.25) is 0 Å². The van der Waals surface area contributed by atoms with Crippen molar-refractivity contribution in [1.29, 1.82) is 0 Å². The van der Waals surface area contributed by atoms with Crippen molar-refractivity contribution < 1.29 is 9.18 Å². The van der Waals surface area contributed by atoms with Crippen LogP contribution < -0.4 is 10.6 Å². The average molecular weight is 251 g/mol. The number of halogens is 1. The van der Waals surface area contributed by atoms with Gasteiger partial charge < -0.3 is 10.6 Å². The molecular formula is C13H18FN3O. The molecule has 1 heterocycles. The van der Waals surface area contributed by atoms with Crippen LogP contribution in [0.3, 0.4) is 0 Å². The minimum Gasteiger partial charge on any atom is -0.368 e. The second-order valence-corrected chi connectivity index (χ2v) is 4.55. The van der Waals surface area contributed by atoms with Crippen molar-refractivity contribution in [3.63, 3.8) is 0 Å². The molecule has 0 bridgehead atoms. The predicted octanol–water partition coefficient (Wildman–Crippen LogP) is 0.822. The summed E-state index contributed by atoms with van der Waals surface area (Å²) in [5.74, 6) is -0.511. The van der Waals surface area contributed by atoms with E-state index in [1.165, 1.54) is 6.07 Å². The molecule has 1 aliphatic rings. The molecule has 1 atom stereocenters. The fourth-order valence-corrected chi connectivity index (χ4v) is 2.24. The maximum atomic E-state index is 13.6. The first kappa shape index (κ1) is 12.8. The maximum Gasteiger partial charge on any atom is 0.234 e. The Morgan fingerprint density at radius 3 is 2.44 bits per heavy atom. The molecule has 18 heavy (non-hydrogen) atoms. The molecule has 4 nitrogen and oxygen atoms in total. The number of anilines is 1. The summed E-state index contributed by atoms with van der Waals surface area (Å²) < 4.78 is 13.6. The number of benzene rings is 1. The Balaban J connectivity index is 1.99. The highest BCUT2D eigenvalue weighted by Crippen LogP contribution is 2.20. The standard InChI is InChI=1S/C13H18FN3O/c1-10(13(15)18)16-6-8-17(9-7-16)12-5-3-2-4-11(12)14/h2-5,10H,6-9H2,1H3,(H2,15,18)/t10-/m0/s1. The molecule has 2 N–H and O–H groups in total. The molecule has 5 heteroatoms. The second-order valence-electron chi connectivity index (χ2n) is 4.55. The lowest BCUT2D eigenvalue weighted by molar-refractivity contribution is -0.122. The van der Waals surface area contributed by atoms with Crippen molar-refractivity contribution in [2.75, 3.05) is 31.1 Å². The summed E-state index contributed by atoms with van der Waals surface area (Å²) in [5, 5.41) is 0. The summed E-state index contributed by atoms with van der Waals surface area (Å²) in [7, 11) is 0. The number of nitrogens with two attached hydrogens (primary N) is 1. The van der Waals surface area contributed by atoms with Crippen LogP contribution in [0.5, 0.6) is 0 Å². The van der Waals surface area contributed by atoms with E-state index in [2.05, 4.69) is 0 Å². The van der Waals surface area contributed by atoms with Gasteiger partial charge in [-0.05, 0) is 19.1 Å². The van der Waals surface area contributed by atoms with E-state index in [-0.39, 0.29) is 17.8 Å². The minimum absolute atomic E-state index is 0.200. The second kappa shape index (κ2) is 5.35. The quantitative estimate of drug-likeness (QED) is 0.865. The number of para-hydroxylation sites is 1. The van der Waals surface area contributed by atoms with Gasteiger partial charge in [0.15, 0.2) is 0 Å². The van der Waals surface area contributed by atoms with E-state index in [0.717, 1.165) is 13.1 Å². The number of primary amides is 1. The lowest BCUT2D eigenvalue weighted by Crippen LogP contribution is -2.53. The summed E-state index contributed by atoms with van der Waals surface area (Å²) >= 11 is 0. The highest BCUT2D eigenvalue weighted by atomic mass is 19.1. The van der Waals surface area contributed by atoms with Crippen molar-refractivity contribution >= 4 is 11.6 Å². The fourth-order valence-electron chi connectivity index (χ4n) is 2.24. The maximum absolute atomic E-state index is 13.6. The lowest BCUT2D eigenvalue weighted by Gasteiger charge is -2.38. The van der Waals surface area contributed by atoms with Crippen LogP contribution in [0, 0.1) is 5.82 Å². The highest BCUT2D eigenvalue weighted by molar-refractivity contribution is 5.79. The zero-order valence-electron chi connectivity index (χ0n) is 10.5. The molecular weight excluding hydrogens is 233 g/mol. The molecule has 2 rings (SSSR count). The van der Waals surface area contributed by atoms with Crippen LogP contribution in [0.15, 0.2) is 24.3 Å². The van der Waals surface area contributed by atoms with Crippen molar-refractivity contribution in [3.8, 4) is 0 Å². The van der Waals surface area contributed by atoms with Crippen molar-refractivity contribution in [3.05, 3.63) is 30.1 Å². The molecule has 0 spiro atoms. The molecule has 1 amide bonds. The van der Waals surface area contributed by atoms with Crippen LogP contribution in [-0.4, -0.2) is 43.0 Å². The van der Waals surface area contributed by atoms with Crippen molar-refractivity contribution in [2.24, 2.45) is 5.73 Å². The van der Waals surface area contributed by atoms with E-state index in [0.29, 0.717) is 18.8 Å². The molecule has 1 aliphatic heterocycles. The van der Waals surface area contributed by atoms with E-state index >= 15 is 0 Å². The first-order chi connectivity index (χ1) is 8.59. The third-order valence-corrected chi connectivity index (χ3v) is 3.47. The smallest absolute Gasteiger partial charge is 0.234 e. The first-order valence-electron chi connectivity index (χ1n) is 6.12. The fraction of sp³-hybridized carbons (Fsp3) is 0.462. The third-order valence-electron chi connectivity index (χ3n) is 3.47. The zero-order chi connectivity index (χ0) is 13.1. The molecule has 1 aromatic carbocycles. The van der Waals surface area contributed by atoms with E-state index in [4.69, 9.17) is 5.73 Å². The number of hydrogen-bond donors (Lipinski definition) is 1. The monoisotopic (exact) mass is 251 g/mol. The lowest BCUT2D eigenvalue weighted by atomic mass is 10.2. The van der Waals surface area contributed by atoms with Gasteiger partial charge in [0.25, 0.3) is 0 Å². The summed E-state index contributed by atoms with van der Waals surface area (Å²) in [6.45, 7) is 4.66. The molecule has 0 saturated carbocycles. The van der Waals surface area contributed by atoms with E-state index in [1.54, 1.807) is 19.1 Å². The molecule has 0 aliphatic carbocycles. The Labute approximate surface area is 106 Å². The van der Waals surface area contributed by atoms with Crippen LogP contribution in [0.1, 0.15) is 6.92 Å². The number of rotatable bonds is 3. The Morgan fingerprint density at radius 2 is 1.89 bits per heavy atom. The number of carbonyl (C=O) groups excluding carboxylic acids is 1. The van der Waals surface area contributed by atoms with Crippen LogP contribution in [0.25, 0.3) is 0 Å². The Morgan fingerprint density at radius 1 is 1.28 bits per heavy atom. The Bertz CT molecular complexity index is 430. The van der Waals surface area contributed by atoms with Gasteiger partial charge in [0.2, 0.25) is 5.91 Å². The van der Waals surface area contributed by atoms with E-state index < -0.39 is 0 Å². The van der Waals surface area contributed by atoms with Gasteiger partial charge in [-0.3, -0.25) is 9.69 Å². The zero-order valence-corrected chi connectivity index (χ0v) is 10.5. The van der Waals surface area contributed by atoms with E-state index in [9.17, 15) is 9.18 Å². The molecule has 0 aromatic heterocycles. The molecule has 1 saturated heterocycles. The normalized spacial score (nSPS) is 18.7. The average Bonchev–Trinajstić information content (AvgIpc) is 2.38. The molecule has 1 fully saturated rings. The molecule has 1 aromatic rings. The number of hydrogen-bond acceptors (Lipinski definition) is 3. The molecule has 0 unspecified atom stereocenters. The van der Waals surface area contributed by atoms with E-state index in [1.807, 2.05) is 15.9 Å². The molecule has 0 radical (unpaired) electrons. The third kappa shape index (κ3) is 2.61. The van der Waals surface area contributed by atoms with Crippen LogP contribution in [0.4, 0.5) is 10.1 Å². The van der Waals surface area contributed by atoms with Gasteiger partial charge in [0, 0.05) is 26.2 Å². The largest absolute Gasteiger partial charge is 0.368 e. The van der Waals surface area contributed by atoms with Crippen molar-refractivity contribution in [2.45, 2.75) is 13.0 Å². The predicted molar refractivity (Wildman–Crippen MR) is 68.8 cm³/mol. The summed E-state index contributed by atoms with van der Waals surface area (Å²) in [6, 6.07) is 6.50. The van der Waals surface area contributed by atoms with Gasteiger partial charge in [-0.1, -0.05) is 12.1 Å². The van der Waals surface area contributed by atoms with Gasteiger partial charge in [-0.2, -0.15) is 0 Å². The van der Waals surface area contributed by atoms with Gasteiger partial charge in [0.1, 0.15) is 5.82 Å². The number of piperazine rings is 1. The first-order valence-corrected chi connectivity index (χ1v) is 6.12. The Kier molecular flexibility index (Phi) is 3.81. The van der Waals surface area contributed by atoms with Crippen LogP contribution in [-0.2, 0) is 4.79 Å². The number of nitrogens with zero attached hydrogens (tertiary/aromatic N) is 2. The topological polar surface area (TPSA) is 49.6 Å². The van der Waals surface area contributed by atoms with Crippen LogP contribution >= 0.6 is 0 Å². The van der Waals surface area contributed by atoms with Gasteiger partial charge in [-0.15, -0.1) is 0 Å². The summed E-state index contributed by atoms with van der Waals surface area (Å²) in [4.78, 5) is 15.1. The molecule has 98 valence electrons. The summed E-state index contributed by atoms with van der Waals surface area (Å²) in [6.07, 6.45) is 0. The number of amides is 1. The number of carbonyl (C=O) groups is 1. The highest BCUT2D eigenvalue weighted by Gasteiger charge is 2.24. The van der Waals surface area contributed by atoms with Gasteiger partial charge in [-0.25, -0.2) is 4.39 Å². The Hall–Kier alpha value is -1.62. The van der Waals surface area contributed by atoms with Gasteiger partial charge >= 0.3 is 0 Å². The summed E-state index contributed by atoms with van der Waals surface area (Å²) in [5.41, 5.74) is 5.91. The SMILES string of the molecule is C[C@@H](C(N)=O)N1CCN(c2ccccc2F)CC1.